The van der Waals surface area contributed by atoms with Gasteiger partial charge in [-0.15, -0.1) is 11.3 Å². The largest absolute Gasteiger partial charge is 0.377 e. The zero-order valence-electron chi connectivity index (χ0n) is 10.3. The predicted octanol–water partition coefficient (Wildman–Crippen LogP) is 1.80. The highest BCUT2D eigenvalue weighted by Crippen LogP contribution is 2.12. The van der Waals surface area contributed by atoms with Crippen LogP contribution >= 0.6 is 11.3 Å². The van der Waals surface area contributed by atoms with Gasteiger partial charge in [0.05, 0.1) is 17.1 Å². The zero-order chi connectivity index (χ0) is 12.3. The van der Waals surface area contributed by atoms with Crippen LogP contribution in [0.15, 0.2) is 5.38 Å². The maximum Gasteiger partial charge on any atom is 0.176 e. The molecule has 2 aromatic rings. The van der Waals surface area contributed by atoms with Gasteiger partial charge in [0, 0.05) is 19.0 Å². The molecular weight excluding hydrogens is 236 g/mol. The fraction of sp³-hybridized carbons (Fsp3) is 0.545. The van der Waals surface area contributed by atoms with Crippen LogP contribution in [0.3, 0.4) is 0 Å². The Bertz CT molecular complexity index is 491. The van der Waals surface area contributed by atoms with E-state index in [1.165, 1.54) is 0 Å². The Hall–Kier alpha value is -1.27. The standard InChI is InChI=1S/C11H16N4OS/c1-4-15-11(13-10(14-15)6-16-3)5-9-7-17-8(2)12-9/h7H,4-6H2,1-3H3. The summed E-state index contributed by atoms with van der Waals surface area (Å²) in [6.45, 7) is 5.33. The fourth-order valence-corrected chi connectivity index (χ4v) is 2.26. The van der Waals surface area contributed by atoms with Gasteiger partial charge in [-0.1, -0.05) is 0 Å². The molecular formula is C11H16N4OS. The molecule has 0 atom stereocenters. The van der Waals surface area contributed by atoms with Crippen LogP contribution in [0.2, 0.25) is 0 Å². The third-order valence-corrected chi connectivity index (χ3v) is 3.19. The van der Waals surface area contributed by atoms with E-state index in [1.807, 2.05) is 11.6 Å². The van der Waals surface area contributed by atoms with Crippen molar-refractivity contribution < 1.29 is 4.74 Å². The molecule has 0 aliphatic heterocycles. The third-order valence-electron chi connectivity index (χ3n) is 2.37. The molecule has 0 aliphatic rings. The Morgan fingerprint density at radius 3 is 2.82 bits per heavy atom. The van der Waals surface area contributed by atoms with Gasteiger partial charge < -0.3 is 4.74 Å². The van der Waals surface area contributed by atoms with Gasteiger partial charge in [0.25, 0.3) is 0 Å². The van der Waals surface area contributed by atoms with E-state index in [2.05, 4.69) is 27.4 Å². The lowest BCUT2D eigenvalue weighted by molar-refractivity contribution is 0.177. The van der Waals surface area contributed by atoms with Gasteiger partial charge in [-0.2, -0.15) is 5.10 Å². The van der Waals surface area contributed by atoms with E-state index in [1.54, 1.807) is 18.4 Å². The molecule has 17 heavy (non-hydrogen) atoms. The second kappa shape index (κ2) is 5.37. The monoisotopic (exact) mass is 252 g/mol. The normalized spacial score (nSPS) is 11.0. The molecule has 2 aromatic heterocycles. The van der Waals surface area contributed by atoms with Crippen molar-refractivity contribution in [1.82, 2.24) is 19.7 Å². The van der Waals surface area contributed by atoms with E-state index in [-0.39, 0.29) is 0 Å². The summed E-state index contributed by atoms with van der Waals surface area (Å²) < 4.78 is 6.95. The predicted molar refractivity (Wildman–Crippen MR) is 66.1 cm³/mol. The Morgan fingerprint density at radius 2 is 2.24 bits per heavy atom. The number of aromatic nitrogens is 4. The van der Waals surface area contributed by atoms with E-state index in [0.29, 0.717) is 6.61 Å². The average molecular weight is 252 g/mol. The molecule has 0 bridgehead atoms. The third kappa shape index (κ3) is 2.89. The first-order valence-electron chi connectivity index (χ1n) is 5.55. The highest BCUT2D eigenvalue weighted by atomic mass is 32.1. The number of thiazole rings is 1. The molecule has 0 N–H and O–H groups in total. The van der Waals surface area contributed by atoms with Crippen LogP contribution in [-0.4, -0.2) is 26.9 Å². The number of nitrogens with zero attached hydrogens (tertiary/aromatic N) is 4. The highest BCUT2D eigenvalue weighted by molar-refractivity contribution is 7.09. The number of aryl methyl sites for hydroxylation is 2. The second-order valence-corrected chi connectivity index (χ2v) is 4.79. The summed E-state index contributed by atoms with van der Waals surface area (Å²) >= 11 is 1.66. The summed E-state index contributed by atoms with van der Waals surface area (Å²) in [4.78, 5) is 8.91. The maximum atomic E-state index is 5.04. The lowest BCUT2D eigenvalue weighted by atomic mass is 10.3. The van der Waals surface area contributed by atoms with E-state index in [0.717, 1.165) is 35.3 Å². The molecule has 6 heteroatoms. The van der Waals surface area contributed by atoms with Gasteiger partial charge in [-0.3, -0.25) is 0 Å². The maximum absolute atomic E-state index is 5.04. The number of ether oxygens (including phenoxy) is 1. The Labute approximate surface area is 104 Å². The first-order valence-corrected chi connectivity index (χ1v) is 6.43. The number of methoxy groups -OCH3 is 1. The molecule has 0 unspecified atom stereocenters. The van der Waals surface area contributed by atoms with E-state index < -0.39 is 0 Å². The van der Waals surface area contributed by atoms with Crippen LogP contribution < -0.4 is 0 Å². The molecule has 5 nitrogen and oxygen atoms in total. The van der Waals surface area contributed by atoms with Crippen molar-refractivity contribution in [3.8, 4) is 0 Å². The summed E-state index contributed by atoms with van der Waals surface area (Å²) in [5.74, 6) is 1.68. The van der Waals surface area contributed by atoms with Crippen LogP contribution in [0.5, 0.6) is 0 Å². The summed E-state index contributed by atoms with van der Waals surface area (Å²) in [5.41, 5.74) is 1.05. The zero-order valence-corrected chi connectivity index (χ0v) is 11.1. The Kier molecular flexibility index (Phi) is 3.86. The molecule has 0 aliphatic carbocycles. The van der Waals surface area contributed by atoms with Crippen LogP contribution in [0.1, 0.15) is 29.3 Å². The topological polar surface area (TPSA) is 52.8 Å². The van der Waals surface area contributed by atoms with Crippen molar-refractivity contribution in [2.24, 2.45) is 0 Å². The summed E-state index contributed by atoms with van der Waals surface area (Å²) in [6, 6.07) is 0. The lowest BCUT2D eigenvalue weighted by Crippen LogP contribution is -2.04. The molecule has 0 amide bonds. The van der Waals surface area contributed by atoms with E-state index in [9.17, 15) is 0 Å². The Morgan fingerprint density at radius 1 is 1.41 bits per heavy atom. The molecule has 2 rings (SSSR count). The van der Waals surface area contributed by atoms with Crippen LogP contribution in [0.4, 0.5) is 0 Å². The summed E-state index contributed by atoms with van der Waals surface area (Å²) in [6.07, 6.45) is 0.731. The van der Waals surface area contributed by atoms with Gasteiger partial charge in [0.1, 0.15) is 12.4 Å². The first-order chi connectivity index (χ1) is 8.22. The summed E-state index contributed by atoms with van der Waals surface area (Å²) in [5, 5.41) is 7.53. The molecule has 0 saturated heterocycles. The van der Waals surface area contributed by atoms with Crippen molar-refractivity contribution in [3.63, 3.8) is 0 Å². The fourth-order valence-electron chi connectivity index (χ4n) is 1.65. The molecule has 0 saturated carbocycles. The quantitative estimate of drug-likeness (QED) is 0.814. The van der Waals surface area contributed by atoms with Crippen molar-refractivity contribution in [2.75, 3.05) is 7.11 Å². The van der Waals surface area contributed by atoms with E-state index in [4.69, 9.17) is 4.74 Å². The number of hydrogen-bond acceptors (Lipinski definition) is 5. The van der Waals surface area contributed by atoms with Crippen molar-refractivity contribution in [2.45, 2.75) is 33.4 Å². The van der Waals surface area contributed by atoms with E-state index >= 15 is 0 Å². The van der Waals surface area contributed by atoms with Crippen LogP contribution in [0.25, 0.3) is 0 Å². The SMILES string of the molecule is CCn1nc(COC)nc1Cc1csc(C)n1. The second-order valence-electron chi connectivity index (χ2n) is 3.73. The molecule has 92 valence electrons. The molecule has 0 radical (unpaired) electrons. The lowest BCUT2D eigenvalue weighted by Gasteiger charge is -1.99. The van der Waals surface area contributed by atoms with Crippen molar-refractivity contribution in [3.05, 3.63) is 27.7 Å². The minimum atomic E-state index is 0.454. The number of rotatable bonds is 5. The Balaban J connectivity index is 2.19. The van der Waals surface area contributed by atoms with Crippen LogP contribution in [-0.2, 0) is 24.3 Å². The minimum absolute atomic E-state index is 0.454. The van der Waals surface area contributed by atoms with Crippen molar-refractivity contribution in [1.29, 1.82) is 0 Å². The van der Waals surface area contributed by atoms with Gasteiger partial charge in [0.15, 0.2) is 5.82 Å². The molecule has 0 aromatic carbocycles. The average Bonchev–Trinajstić information content (AvgIpc) is 2.87. The molecule has 0 fully saturated rings. The van der Waals surface area contributed by atoms with Gasteiger partial charge in [-0.25, -0.2) is 14.6 Å². The summed E-state index contributed by atoms with van der Waals surface area (Å²) in [7, 11) is 1.65. The highest BCUT2D eigenvalue weighted by Gasteiger charge is 2.10. The minimum Gasteiger partial charge on any atom is -0.377 e. The molecule has 2 heterocycles. The number of hydrogen-bond donors (Lipinski definition) is 0. The van der Waals surface area contributed by atoms with Gasteiger partial charge in [0.2, 0.25) is 0 Å². The molecule has 0 spiro atoms. The van der Waals surface area contributed by atoms with Crippen molar-refractivity contribution >= 4 is 11.3 Å². The first kappa shape index (κ1) is 12.2. The van der Waals surface area contributed by atoms with Gasteiger partial charge in [-0.05, 0) is 13.8 Å². The van der Waals surface area contributed by atoms with Gasteiger partial charge >= 0.3 is 0 Å². The van der Waals surface area contributed by atoms with Crippen LogP contribution in [0, 0.1) is 6.92 Å². The smallest absolute Gasteiger partial charge is 0.176 e.